The van der Waals surface area contributed by atoms with Crippen LogP contribution in [0.25, 0.3) is 0 Å². The number of piperidine rings is 1. The van der Waals surface area contributed by atoms with Crippen molar-refractivity contribution in [2.45, 2.75) is 44.4 Å². The Morgan fingerprint density at radius 1 is 1.21 bits per heavy atom. The average Bonchev–Trinajstić information content (AvgIpc) is 2.01. The van der Waals surface area contributed by atoms with Gasteiger partial charge in [0.15, 0.2) is 0 Å². The van der Waals surface area contributed by atoms with Crippen molar-refractivity contribution < 1.29 is 8.42 Å². The van der Waals surface area contributed by atoms with Crippen LogP contribution in [0.5, 0.6) is 0 Å². The van der Waals surface area contributed by atoms with Crippen LogP contribution < -0.4 is 10.0 Å². The van der Waals surface area contributed by atoms with E-state index in [4.69, 9.17) is 0 Å². The minimum atomic E-state index is -3.13. The van der Waals surface area contributed by atoms with Gasteiger partial charge in [0.2, 0.25) is 10.0 Å². The lowest BCUT2D eigenvalue weighted by Gasteiger charge is -2.27. The zero-order valence-corrected chi connectivity index (χ0v) is 9.95. The smallest absolute Gasteiger partial charge is 0.215 e. The normalized spacial score (nSPS) is 21.1. The first kappa shape index (κ1) is 11.9. The summed E-state index contributed by atoms with van der Waals surface area (Å²) < 4.78 is 26.4. The molecule has 1 heterocycles. The molecule has 0 aromatic rings. The Kier molecular flexibility index (Phi) is 3.55. The van der Waals surface area contributed by atoms with Gasteiger partial charge in [-0.3, -0.25) is 0 Å². The monoisotopic (exact) mass is 220 g/mol. The molecule has 2 N–H and O–H groups in total. The van der Waals surface area contributed by atoms with Crippen molar-refractivity contribution in [1.82, 2.24) is 10.0 Å². The van der Waals surface area contributed by atoms with Crippen molar-refractivity contribution in [3.63, 3.8) is 0 Å². The highest BCUT2D eigenvalue weighted by molar-refractivity contribution is 7.90. The molecule has 1 aliphatic rings. The summed E-state index contributed by atoms with van der Waals surface area (Å²) in [5.74, 6) is 0. The van der Waals surface area contributed by atoms with E-state index in [0.717, 1.165) is 13.1 Å². The molecule has 1 fully saturated rings. The summed E-state index contributed by atoms with van der Waals surface area (Å²) in [6.45, 7) is 7.20. The summed E-state index contributed by atoms with van der Waals surface area (Å²) >= 11 is 0. The predicted molar refractivity (Wildman–Crippen MR) is 57.7 cm³/mol. The SMILES string of the molecule is CC(C)(C)NS(=O)(=O)C1CCNCC1. The van der Waals surface area contributed by atoms with Crippen LogP contribution in [0.1, 0.15) is 33.6 Å². The molecule has 0 atom stereocenters. The van der Waals surface area contributed by atoms with E-state index < -0.39 is 10.0 Å². The van der Waals surface area contributed by atoms with Gasteiger partial charge < -0.3 is 5.32 Å². The fourth-order valence-corrected chi connectivity index (χ4v) is 3.49. The van der Waals surface area contributed by atoms with Crippen LogP contribution in [-0.2, 0) is 10.0 Å². The molecule has 0 saturated carbocycles. The predicted octanol–water partition coefficient (Wildman–Crippen LogP) is 0.456. The molecular weight excluding hydrogens is 200 g/mol. The Hall–Kier alpha value is -0.130. The summed E-state index contributed by atoms with van der Waals surface area (Å²) in [5.41, 5.74) is -0.371. The van der Waals surface area contributed by atoms with E-state index in [1.807, 2.05) is 20.8 Å². The van der Waals surface area contributed by atoms with Crippen LogP contribution in [0.3, 0.4) is 0 Å². The standard InChI is InChI=1S/C9H20N2O2S/c1-9(2,3)11-14(12,13)8-4-6-10-7-5-8/h8,10-11H,4-7H2,1-3H3. The number of nitrogens with one attached hydrogen (secondary N) is 2. The second-order valence-corrected chi connectivity index (χ2v) is 6.81. The van der Waals surface area contributed by atoms with Gasteiger partial charge >= 0.3 is 0 Å². The van der Waals surface area contributed by atoms with Crippen LogP contribution in [0, 0.1) is 0 Å². The second-order valence-electron chi connectivity index (χ2n) is 4.85. The van der Waals surface area contributed by atoms with Gasteiger partial charge in [-0.15, -0.1) is 0 Å². The molecule has 0 aromatic heterocycles. The minimum Gasteiger partial charge on any atom is -0.317 e. The van der Waals surface area contributed by atoms with Gasteiger partial charge in [-0.1, -0.05) is 0 Å². The Morgan fingerprint density at radius 2 is 1.71 bits per heavy atom. The van der Waals surface area contributed by atoms with Crippen molar-refractivity contribution in [3.8, 4) is 0 Å². The Morgan fingerprint density at radius 3 is 2.14 bits per heavy atom. The van der Waals surface area contributed by atoms with Crippen molar-refractivity contribution in [3.05, 3.63) is 0 Å². The Balaban J connectivity index is 2.64. The second kappa shape index (κ2) is 4.16. The van der Waals surface area contributed by atoms with Gasteiger partial charge in [-0.25, -0.2) is 13.1 Å². The third-order valence-corrected chi connectivity index (χ3v) is 4.42. The number of rotatable bonds is 2. The quantitative estimate of drug-likeness (QED) is 0.710. The van der Waals surface area contributed by atoms with Crippen LogP contribution >= 0.6 is 0 Å². The zero-order valence-electron chi connectivity index (χ0n) is 9.13. The van der Waals surface area contributed by atoms with Gasteiger partial charge in [0.05, 0.1) is 5.25 Å². The van der Waals surface area contributed by atoms with Crippen LogP contribution in [0.4, 0.5) is 0 Å². The van der Waals surface area contributed by atoms with Gasteiger partial charge in [0.25, 0.3) is 0 Å². The third-order valence-electron chi connectivity index (χ3n) is 2.17. The lowest BCUT2D eigenvalue weighted by atomic mass is 10.1. The fraction of sp³-hybridized carbons (Fsp3) is 1.00. The molecule has 1 saturated heterocycles. The summed E-state index contributed by atoms with van der Waals surface area (Å²) in [7, 11) is -3.13. The first-order chi connectivity index (χ1) is 6.31. The number of hydrogen-bond donors (Lipinski definition) is 2. The number of hydrogen-bond acceptors (Lipinski definition) is 3. The number of sulfonamides is 1. The molecule has 0 unspecified atom stereocenters. The van der Waals surface area contributed by atoms with E-state index in [-0.39, 0.29) is 10.8 Å². The molecular formula is C9H20N2O2S. The first-order valence-corrected chi connectivity index (χ1v) is 6.59. The van der Waals surface area contributed by atoms with Crippen molar-refractivity contribution in [2.75, 3.05) is 13.1 Å². The molecule has 0 aromatic carbocycles. The van der Waals surface area contributed by atoms with Crippen LogP contribution in [0.15, 0.2) is 0 Å². The molecule has 14 heavy (non-hydrogen) atoms. The molecule has 4 nitrogen and oxygen atoms in total. The summed E-state index contributed by atoms with van der Waals surface area (Å²) in [5, 5.41) is 2.94. The van der Waals surface area contributed by atoms with E-state index in [1.165, 1.54) is 0 Å². The largest absolute Gasteiger partial charge is 0.317 e. The highest BCUT2D eigenvalue weighted by atomic mass is 32.2. The fourth-order valence-electron chi connectivity index (χ4n) is 1.62. The van der Waals surface area contributed by atoms with E-state index in [0.29, 0.717) is 12.8 Å². The summed E-state index contributed by atoms with van der Waals surface area (Å²) in [4.78, 5) is 0. The maximum absolute atomic E-state index is 11.9. The molecule has 0 aliphatic carbocycles. The van der Waals surface area contributed by atoms with Gasteiger partial charge in [0.1, 0.15) is 0 Å². The minimum absolute atomic E-state index is 0.219. The molecule has 0 bridgehead atoms. The molecule has 1 aliphatic heterocycles. The zero-order chi connectivity index (χ0) is 10.8. The Bertz CT molecular complexity index is 274. The lowest BCUT2D eigenvalue weighted by molar-refractivity contribution is 0.456. The van der Waals surface area contributed by atoms with Gasteiger partial charge in [-0.05, 0) is 46.7 Å². The van der Waals surface area contributed by atoms with Crippen molar-refractivity contribution in [2.24, 2.45) is 0 Å². The van der Waals surface area contributed by atoms with Crippen LogP contribution in [0.2, 0.25) is 0 Å². The highest BCUT2D eigenvalue weighted by Crippen LogP contribution is 2.14. The lowest BCUT2D eigenvalue weighted by Crippen LogP contribution is -2.48. The average molecular weight is 220 g/mol. The van der Waals surface area contributed by atoms with E-state index in [9.17, 15) is 8.42 Å². The molecule has 84 valence electrons. The van der Waals surface area contributed by atoms with Gasteiger partial charge in [-0.2, -0.15) is 0 Å². The van der Waals surface area contributed by atoms with Gasteiger partial charge in [0, 0.05) is 5.54 Å². The Labute approximate surface area is 86.5 Å². The summed E-state index contributed by atoms with van der Waals surface area (Å²) in [6, 6.07) is 0. The van der Waals surface area contributed by atoms with Crippen molar-refractivity contribution in [1.29, 1.82) is 0 Å². The van der Waals surface area contributed by atoms with E-state index in [2.05, 4.69) is 10.0 Å². The maximum Gasteiger partial charge on any atom is 0.215 e. The van der Waals surface area contributed by atoms with E-state index >= 15 is 0 Å². The molecule has 5 heteroatoms. The maximum atomic E-state index is 11.9. The molecule has 1 rings (SSSR count). The summed E-state index contributed by atoms with van der Waals surface area (Å²) in [6.07, 6.45) is 1.43. The highest BCUT2D eigenvalue weighted by Gasteiger charge is 2.30. The topological polar surface area (TPSA) is 58.2 Å². The van der Waals surface area contributed by atoms with E-state index in [1.54, 1.807) is 0 Å². The molecule has 0 amide bonds. The first-order valence-electron chi connectivity index (χ1n) is 5.05. The van der Waals surface area contributed by atoms with Crippen molar-refractivity contribution >= 4 is 10.0 Å². The third kappa shape index (κ3) is 3.55. The molecule has 0 radical (unpaired) electrons. The van der Waals surface area contributed by atoms with Crippen LogP contribution in [-0.4, -0.2) is 32.3 Å². The molecule has 0 spiro atoms.